The number of benzene rings is 1. The predicted octanol–water partition coefficient (Wildman–Crippen LogP) is 1.92. The maximum atomic E-state index is 14.9. The van der Waals surface area contributed by atoms with Crippen LogP contribution in [-0.2, 0) is 0 Å². The number of nitrogen functional groups attached to an aromatic ring is 1. The zero-order valence-electron chi connectivity index (χ0n) is 15.7. The topological polar surface area (TPSA) is 111 Å². The molecule has 1 aliphatic heterocycles. The van der Waals surface area contributed by atoms with Crippen LogP contribution in [0.2, 0.25) is 0 Å². The van der Waals surface area contributed by atoms with Gasteiger partial charge < -0.3 is 16.4 Å². The first-order chi connectivity index (χ1) is 13.6. The third-order valence-electron chi connectivity index (χ3n) is 5.84. The molecule has 2 aliphatic rings. The van der Waals surface area contributed by atoms with Gasteiger partial charge in [-0.3, -0.25) is 4.79 Å². The summed E-state index contributed by atoms with van der Waals surface area (Å²) in [6.45, 7) is 1.03. The molecule has 1 amide bonds. The van der Waals surface area contributed by atoms with Crippen LogP contribution in [0, 0.1) is 11.7 Å². The highest BCUT2D eigenvalue weighted by Crippen LogP contribution is 2.42. The molecule has 2 unspecified atom stereocenters. The average molecular weight is 418 g/mol. The number of carbonyl (C=O) groups excluding carboxylic acids is 1. The van der Waals surface area contributed by atoms with Crippen LogP contribution in [-0.4, -0.2) is 45.3 Å². The van der Waals surface area contributed by atoms with Crippen molar-refractivity contribution in [1.82, 2.24) is 30.4 Å². The number of halogens is 2. The van der Waals surface area contributed by atoms with Gasteiger partial charge in [0.05, 0.1) is 11.4 Å². The predicted molar refractivity (Wildman–Crippen MR) is 109 cm³/mol. The van der Waals surface area contributed by atoms with Crippen LogP contribution in [0.15, 0.2) is 24.5 Å². The van der Waals surface area contributed by atoms with E-state index in [0.717, 1.165) is 19.4 Å². The first-order valence-corrected chi connectivity index (χ1v) is 9.31. The smallest absolute Gasteiger partial charge is 0.251 e. The van der Waals surface area contributed by atoms with E-state index in [9.17, 15) is 9.18 Å². The molecule has 5 rings (SSSR count). The summed E-state index contributed by atoms with van der Waals surface area (Å²) in [5, 5.41) is 11.3. The third kappa shape index (κ3) is 3.01. The van der Waals surface area contributed by atoms with Crippen molar-refractivity contribution in [2.45, 2.75) is 24.9 Å². The molecule has 152 valence electrons. The number of amides is 1. The van der Waals surface area contributed by atoms with Crippen LogP contribution < -0.4 is 16.4 Å². The number of nitrogens with two attached hydrogens (primary N) is 1. The van der Waals surface area contributed by atoms with Crippen molar-refractivity contribution in [3.8, 4) is 11.3 Å². The number of hydrogen-bond donors (Lipinski definition) is 3. The van der Waals surface area contributed by atoms with Gasteiger partial charge in [-0.1, -0.05) is 0 Å². The molecule has 3 atom stereocenters. The minimum absolute atomic E-state index is 0. The lowest BCUT2D eigenvalue weighted by Gasteiger charge is -2.23. The van der Waals surface area contributed by atoms with Gasteiger partial charge in [-0.15, -0.1) is 12.4 Å². The summed E-state index contributed by atoms with van der Waals surface area (Å²) in [5.74, 6) is -0.00341. The fourth-order valence-electron chi connectivity index (χ4n) is 4.50. The molecule has 4 N–H and O–H groups in total. The molecule has 1 saturated heterocycles. The molecule has 0 spiro atoms. The Hall–Kier alpha value is -2.78. The van der Waals surface area contributed by atoms with E-state index >= 15 is 0 Å². The maximum absolute atomic E-state index is 14.9. The molecular formula is C19H21ClFN7O. The zero-order valence-corrected chi connectivity index (χ0v) is 16.5. The standard InChI is InChI=1S/C19H20FN7O.ClH/c1-22-19(28)10-2-3-11(12(20)6-10)16-15-17(21)24-8-25-18(15)27(26-16)14-5-9-4-13(14)23-7-9;/h2-3,6,8-9,13-14,23H,4-5,7H2,1H3,(H,22,28)(H2,21,24,25);1H/t9-,13?,14?;/m1./s1. The molecule has 2 bridgehead atoms. The van der Waals surface area contributed by atoms with Crippen LogP contribution in [0.4, 0.5) is 10.2 Å². The van der Waals surface area contributed by atoms with Gasteiger partial charge in [0, 0.05) is 24.2 Å². The second kappa shape index (κ2) is 7.23. The van der Waals surface area contributed by atoms with Crippen molar-refractivity contribution in [2.75, 3.05) is 19.3 Å². The van der Waals surface area contributed by atoms with Gasteiger partial charge in [0.2, 0.25) is 0 Å². The van der Waals surface area contributed by atoms with E-state index < -0.39 is 5.82 Å². The number of nitrogens with one attached hydrogen (secondary N) is 2. The number of hydrogen-bond acceptors (Lipinski definition) is 6. The zero-order chi connectivity index (χ0) is 19.4. The van der Waals surface area contributed by atoms with Crippen molar-refractivity contribution >= 4 is 35.2 Å². The SMILES string of the molecule is CNC(=O)c1ccc(-c2nn(C3C[C@@H]4CNC3C4)c3ncnc(N)c23)c(F)c1.Cl. The summed E-state index contributed by atoms with van der Waals surface area (Å²) in [6.07, 6.45) is 3.53. The number of aromatic nitrogens is 4. The molecule has 3 aromatic rings. The summed E-state index contributed by atoms with van der Waals surface area (Å²) < 4.78 is 16.8. The van der Waals surface area contributed by atoms with Crippen molar-refractivity contribution in [2.24, 2.45) is 5.92 Å². The van der Waals surface area contributed by atoms with E-state index in [4.69, 9.17) is 10.8 Å². The Labute approximate surface area is 172 Å². The minimum Gasteiger partial charge on any atom is -0.383 e. The molecule has 10 heteroatoms. The second-order valence-electron chi connectivity index (χ2n) is 7.44. The van der Waals surface area contributed by atoms with Crippen molar-refractivity contribution in [3.05, 3.63) is 35.9 Å². The Kier molecular flexibility index (Phi) is 4.87. The Bertz CT molecular complexity index is 1100. The first-order valence-electron chi connectivity index (χ1n) is 9.31. The second-order valence-corrected chi connectivity index (χ2v) is 7.44. The fraction of sp³-hybridized carbons (Fsp3) is 0.368. The quantitative estimate of drug-likeness (QED) is 0.600. The van der Waals surface area contributed by atoms with Crippen LogP contribution in [0.5, 0.6) is 0 Å². The van der Waals surface area contributed by atoms with Crippen molar-refractivity contribution in [3.63, 3.8) is 0 Å². The monoisotopic (exact) mass is 417 g/mol. The number of carbonyl (C=O) groups is 1. The largest absolute Gasteiger partial charge is 0.383 e. The van der Waals surface area contributed by atoms with Gasteiger partial charge in [-0.05, 0) is 43.5 Å². The lowest BCUT2D eigenvalue weighted by Crippen LogP contribution is -2.35. The van der Waals surface area contributed by atoms with E-state index in [2.05, 4.69) is 20.6 Å². The fourth-order valence-corrected chi connectivity index (χ4v) is 4.50. The Balaban J connectivity index is 0.00000205. The normalized spacial score (nSPS) is 22.6. The van der Waals surface area contributed by atoms with E-state index in [1.165, 1.54) is 19.4 Å². The Morgan fingerprint density at radius 3 is 2.83 bits per heavy atom. The van der Waals surface area contributed by atoms with Crippen LogP contribution in [0.3, 0.4) is 0 Å². The molecule has 8 nitrogen and oxygen atoms in total. The average Bonchev–Trinajstić information content (AvgIpc) is 3.41. The molecule has 0 radical (unpaired) electrons. The van der Waals surface area contributed by atoms with E-state index in [0.29, 0.717) is 28.7 Å². The highest BCUT2D eigenvalue weighted by molar-refractivity contribution is 5.99. The molecule has 1 saturated carbocycles. The molecule has 1 aliphatic carbocycles. The Morgan fingerprint density at radius 1 is 1.34 bits per heavy atom. The van der Waals surface area contributed by atoms with Gasteiger partial charge in [0.1, 0.15) is 23.7 Å². The third-order valence-corrected chi connectivity index (χ3v) is 5.84. The number of nitrogens with zero attached hydrogens (tertiary/aromatic N) is 4. The van der Waals surface area contributed by atoms with E-state index in [1.54, 1.807) is 12.1 Å². The summed E-state index contributed by atoms with van der Waals surface area (Å²) >= 11 is 0. The highest BCUT2D eigenvalue weighted by Gasteiger charge is 2.42. The van der Waals surface area contributed by atoms with Gasteiger partial charge in [0.15, 0.2) is 5.65 Å². The summed E-state index contributed by atoms with van der Waals surface area (Å²) in [7, 11) is 1.50. The van der Waals surface area contributed by atoms with Gasteiger partial charge in [-0.25, -0.2) is 19.0 Å². The number of anilines is 1. The summed E-state index contributed by atoms with van der Waals surface area (Å²) in [4.78, 5) is 20.3. The molecule has 2 fully saturated rings. The minimum atomic E-state index is -0.540. The number of fused-ring (bicyclic) bond motifs is 3. The van der Waals surface area contributed by atoms with Gasteiger partial charge >= 0.3 is 0 Å². The molecular weight excluding hydrogens is 397 g/mol. The van der Waals surface area contributed by atoms with Gasteiger partial charge in [0.25, 0.3) is 5.91 Å². The van der Waals surface area contributed by atoms with Crippen LogP contribution in [0.1, 0.15) is 29.2 Å². The van der Waals surface area contributed by atoms with Crippen LogP contribution in [0.25, 0.3) is 22.3 Å². The Morgan fingerprint density at radius 2 is 2.17 bits per heavy atom. The van der Waals surface area contributed by atoms with Gasteiger partial charge in [-0.2, -0.15) is 5.10 Å². The molecule has 1 aromatic carbocycles. The summed E-state index contributed by atoms with van der Waals surface area (Å²) in [6, 6.07) is 4.81. The highest BCUT2D eigenvalue weighted by atomic mass is 35.5. The van der Waals surface area contributed by atoms with E-state index in [-0.39, 0.29) is 41.3 Å². The van der Waals surface area contributed by atoms with Crippen molar-refractivity contribution < 1.29 is 9.18 Å². The lowest BCUT2D eigenvalue weighted by molar-refractivity contribution is 0.0962. The summed E-state index contributed by atoms with van der Waals surface area (Å²) in [5.41, 5.74) is 7.65. The molecule has 2 aromatic heterocycles. The first kappa shape index (κ1) is 19.5. The lowest BCUT2D eigenvalue weighted by atomic mass is 10.1. The number of rotatable bonds is 3. The maximum Gasteiger partial charge on any atom is 0.251 e. The molecule has 29 heavy (non-hydrogen) atoms. The van der Waals surface area contributed by atoms with E-state index in [1.807, 2.05) is 4.68 Å². The number of piperidine rings is 1. The molecule has 3 heterocycles. The van der Waals surface area contributed by atoms with Crippen molar-refractivity contribution in [1.29, 1.82) is 0 Å². The van der Waals surface area contributed by atoms with Crippen LogP contribution >= 0.6 is 12.4 Å².